The predicted molar refractivity (Wildman–Crippen MR) is 146 cm³/mol. The van der Waals surface area contributed by atoms with E-state index in [-0.39, 0.29) is 14.9 Å². The van der Waals surface area contributed by atoms with E-state index in [1.807, 2.05) is 0 Å². The molecule has 2 saturated carbocycles. The van der Waals surface area contributed by atoms with Crippen LogP contribution in [0.15, 0.2) is 48.6 Å². The van der Waals surface area contributed by atoms with E-state index in [4.69, 9.17) is 17.0 Å². The second-order valence-electron chi connectivity index (χ2n) is 10.8. The van der Waals surface area contributed by atoms with Crippen molar-refractivity contribution in [3.63, 3.8) is 0 Å². The Balaban J connectivity index is 0.000000971. The molecule has 2 fully saturated rings. The minimum absolute atomic E-state index is 0. The van der Waals surface area contributed by atoms with Crippen LogP contribution in [0.3, 0.4) is 0 Å². The Morgan fingerprint density at radius 2 is 1.09 bits per heavy atom. The molecule has 9 atom stereocenters. The van der Waals surface area contributed by atoms with Crippen molar-refractivity contribution in [1.82, 2.24) is 0 Å². The van der Waals surface area contributed by atoms with Crippen LogP contribution in [0.1, 0.15) is 40.5 Å². The van der Waals surface area contributed by atoms with Gasteiger partial charge in [0.05, 0.1) is 8.07 Å². The summed E-state index contributed by atoms with van der Waals surface area (Å²) in [6.45, 7) is 15.7. The molecule has 0 amide bonds. The molecule has 4 aliphatic carbocycles. The fourth-order valence-corrected chi connectivity index (χ4v) is 14.8. The van der Waals surface area contributed by atoms with Crippen molar-refractivity contribution in [2.24, 2.45) is 47.3 Å². The van der Waals surface area contributed by atoms with Crippen LogP contribution < -0.4 is 0 Å². The SMILES string of the molecule is CCCC1C(C)C(C)C([Si](C)(C)C2C3C=CC=CC3C3C=CC=CC32)C1C.[CH3-].[CH3-].[Cl][Zr+2][Cl]. The first-order valence-corrected chi connectivity index (χ1v) is 21.5. The third-order valence-corrected chi connectivity index (χ3v) is 14.6. The zero-order valence-electron chi connectivity index (χ0n) is 21.6. The monoisotopic (exact) mass is 570 g/mol. The standard InChI is InChI=1S/C26H40Si.2CH3.2ClH.Zr/c1-7-12-20-17(2)18(3)25(19(20)4)27(5,6)26-23-15-10-8-13-21(23)22-14-9-11-16-24(22)26;;;;;/h8-11,13-26H,7,12H2,1-6H3;2*1H3;2*1H;/q;2*-1;;;+4/p-2. The maximum absolute atomic E-state index is 4.93. The Morgan fingerprint density at radius 3 is 1.50 bits per heavy atom. The average Bonchev–Trinajstić information content (AvgIpc) is 3.17. The molecule has 32 heavy (non-hydrogen) atoms. The Kier molecular flexibility index (Phi) is 12.5. The number of hydrogen-bond donors (Lipinski definition) is 0. The zero-order valence-corrected chi connectivity index (χ0v) is 26.5. The van der Waals surface area contributed by atoms with Crippen LogP contribution in [-0.2, 0) is 20.8 Å². The molecule has 0 aromatic rings. The summed E-state index contributed by atoms with van der Waals surface area (Å²) in [5.41, 5.74) is 1.85. The molecule has 0 nitrogen and oxygen atoms in total. The van der Waals surface area contributed by atoms with Gasteiger partial charge in [0.1, 0.15) is 0 Å². The molecule has 180 valence electrons. The zero-order chi connectivity index (χ0) is 22.1. The predicted octanol–water partition coefficient (Wildman–Crippen LogP) is 9.78. The van der Waals surface area contributed by atoms with Gasteiger partial charge < -0.3 is 14.9 Å². The Morgan fingerprint density at radius 1 is 0.688 bits per heavy atom. The molecule has 0 saturated heterocycles. The molecule has 0 heterocycles. The van der Waals surface area contributed by atoms with Crippen molar-refractivity contribution in [2.45, 2.75) is 64.7 Å². The van der Waals surface area contributed by atoms with Crippen molar-refractivity contribution in [2.75, 3.05) is 0 Å². The Hall–Kier alpha value is 0.640. The number of halogens is 2. The molecule has 0 aliphatic heterocycles. The van der Waals surface area contributed by atoms with Crippen LogP contribution in [0.4, 0.5) is 0 Å². The first-order valence-electron chi connectivity index (χ1n) is 12.0. The summed E-state index contributed by atoms with van der Waals surface area (Å²) in [7, 11) is 8.41. The molecule has 4 rings (SSSR count). The maximum atomic E-state index is 4.93. The molecule has 0 aromatic carbocycles. The number of fused-ring (bicyclic) bond motifs is 3. The van der Waals surface area contributed by atoms with Crippen molar-refractivity contribution in [3.8, 4) is 0 Å². The second kappa shape index (κ2) is 13.1. The molecule has 0 spiro atoms. The Labute approximate surface area is 220 Å². The molecule has 9 unspecified atom stereocenters. The van der Waals surface area contributed by atoms with E-state index >= 15 is 0 Å². The second-order valence-corrected chi connectivity index (χ2v) is 19.5. The fraction of sp³-hybridized carbons (Fsp3) is 0.643. The summed E-state index contributed by atoms with van der Waals surface area (Å²) in [4.78, 5) is 0. The number of allylic oxidation sites excluding steroid dienone is 8. The first-order chi connectivity index (χ1) is 14.3. The van der Waals surface area contributed by atoms with Gasteiger partial charge in [-0.25, -0.2) is 0 Å². The molecule has 0 radical (unpaired) electrons. The summed E-state index contributed by atoms with van der Waals surface area (Å²) in [6.07, 6.45) is 22.3. The van der Waals surface area contributed by atoms with Crippen LogP contribution in [0.25, 0.3) is 0 Å². The van der Waals surface area contributed by atoms with Gasteiger partial charge in [-0.1, -0.05) is 102 Å². The van der Waals surface area contributed by atoms with Gasteiger partial charge in [-0.2, -0.15) is 0 Å². The van der Waals surface area contributed by atoms with Crippen molar-refractivity contribution < 1.29 is 20.8 Å². The first kappa shape index (κ1) is 30.7. The van der Waals surface area contributed by atoms with Gasteiger partial charge in [-0.3, -0.25) is 0 Å². The van der Waals surface area contributed by atoms with Gasteiger partial charge >= 0.3 is 37.9 Å². The van der Waals surface area contributed by atoms with E-state index < -0.39 is 28.9 Å². The summed E-state index contributed by atoms with van der Waals surface area (Å²) >= 11 is -0.826. The topological polar surface area (TPSA) is 0 Å². The summed E-state index contributed by atoms with van der Waals surface area (Å²) in [6, 6.07) is 0. The summed E-state index contributed by atoms with van der Waals surface area (Å²) < 4.78 is 0. The van der Waals surface area contributed by atoms with Crippen molar-refractivity contribution in [1.29, 1.82) is 0 Å². The minimum atomic E-state index is -1.46. The third kappa shape index (κ3) is 5.55. The molecular weight excluding hydrogens is 527 g/mol. The molecule has 4 heteroatoms. The molecular formula is C28H46Cl2SiZr. The van der Waals surface area contributed by atoms with Crippen LogP contribution in [0.2, 0.25) is 24.2 Å². The summed E-state index contributed by atoms with van der Waals surface area (Å²) in [5.74, 6) is 6.62. The van der Waals surface area contributed by atoms with Gasteiger partial charge in [0.2, 0.25) is 0 Å². The van der Waals surface area contributed by atoms with Crippen LogP contribution >= 0.6 is 17.0 Å². The normalized spacial score (nSPS) is 40.9. The molecule has 0 aromatic heterocycles. The van der Waals surface area contributed by atoms with E-state index in [0.717, 1.165) is 58.4 Å². The van der Waals surface area contributed by atoms with Gasteiger partial charge in [0, 0.05) is 0 Å². The van der Waals surface area contributed by atoms with Crippen LogP contribution in [-0.4, -0.2) is 8.07 Å². The van der Waals surface area contributed by atoms with E-state index in [0.29, 0.717) is 0 Å². The fourth-order valence-electron chi connectivity index (χ4n) is 8.40. The van der Waals surface area contributed by atoms with Crippen LogP contribution in [0, 0.1) is 62.2 Å². The molecule has 0 bridgehead atoms. The molecule has 0 N–H and O–H groups in total. The van der Waals surface area contributed by atoms with Crippen LogP contribution in [0.5, 0.6) is 0 Å². The van der Waals surface area contributed by atoms with E-state index in [9.17, 15) is 0 Å². The van der Waals surface area contributed by atoms with Gasteiger partial charge in [0.15, 0.2) is 0 Å². The van der Waals surface area contributed by atoms with Gasteiger partial charge in [-0.05, 0) is 58.4 Å². The van der Waals surface area contributed by atoms with Gasteiger partial charge in [-0.15, -0.1) is 0 Å². The van der Waals surface area contributed by atoms with E-state index in [2.05, 4.69) is 89.4 Å². The Bertz CT molecular complexity index is 664. The summed E-state index contributed by atoms with van der Waals surface area (Å²) in [5, 5.41) is 0. The number of hydrogen-bond acceptors (Lipinski definition) is 0. The number of rotatable bonds is 4. The average molecular weight is 573 g/mol. The van der Waals surface area contributed by atoms with E-state index in [1.165, 1.54) is 12.8 Å². The molecule has 4 aliphatic rings. The van der Waals surface area contributed by atoms with E-state index in [1.54, 1.807) is 0 Å². The van der Waals surface area contributed by atoms with Crippen molar-refractivity contribution >= 4 is 25.1 Å². The quantitative estimate of drug-likeness (QED) is 0.232. The van der Waals surface area contributed by atoms with Crippen molar-refractivity contribution in [3.05, 3.63) is 63.5 Å². The van der Waals surface area contributed by atoms with Gasteiger partial charge in [0.25, 0.3) is 0 Å². The third-order valence-electron chi connectivity index (χ3n) is 9.37.